The summed E-state index contributed by atoms with van der Waals surface area (Å²) in [6.07, 6.45) is -3.15. The van der Waals surface area contributed by atoms with Crippen LogP contribution in [0.4, 0.5) is 4.79 Å². The van der Waals surface area contributed by atoms with Crippen molar-refractivity contribution in [1.29, 1.82) is 0 Å². The van der Waals surface area contributed by atoms with Crippen LogP contribution in [0.5, 0.6) is 0 Å². The zero-order valence-electron chi connectivity index (χ0n) is 32.2. The molecule has 2 amide bonds. The Hall–Kier alpha value is -5.50. The van der Waals surface area contributed by atoms with Crippen LogP contribution in [0, 0.1) is 23.7 Å². The molecule has 4 aromatic rings. The summed E-state index contributed by atoms with van der Waals surface area (Å²) in [5.74, 6) is 11.5. The number of benzene rings is 4. The van der Waals surface area contributed by atoms with Crippen LogP contribution in [0.15, 0.2) is 121 Å². The maximum atomic E-state index is 12.6. The zero-order valence-corrected chi connectivity index (χ0v) is 32.2. The molecule has 5 atom stereocenters. The molecule has 0 spiro atoms. The SMILES string of the molecule is CC(=O)N[C@@H]1[C@@H](OCc2ccccc2)[C@@H](OCc2ccccc2)[C@@H](COCc2ccccc2)O[C@@H]1C#CC#CCOCCOCCNC(=O)OCc1ccccc1. The molecule has 1 heterocycles. The fourth-order valence-corrected chi connectivity index (χ4v) is 5.92. The molecule has 0 saturated carbocycles. The Bertz CT molecular complexity index is 1880. The highest BCUT2D eigenvalue weighted by atomic mass is 16.6. The van der Waals surface area contributed by atoms with Gasteiger partial charge in [-0.25, -0.2) is 4.79 Å². The van der Waals surface area contributed by atoms with E-state index in [-0.39, 0.29) is 32.3 Å². The highest BCUT2D eigenvalue weighted by molar-refractivity contribution is 5.73. The lowest BCUT2D eigenvalue weighted by molar-refractivity contribution is -0.222. The van der Waals surface area contributed by atoms with Gasteiger partial charge in [0.15, 0.2) is 0 Å². The topological polar surface area (TPSA) is 123 Å². The van der Waals surface area contributed by atoms with E-state index in [0.717, 1.165) is 22.3 Å². The quantitative estimate of drug-likeness (QED) is 0.0872. The first kappa shape index (κ1) is 42.6. The molecular formula is C46H50N2O9. The molecule has 11 heteroatoms. The van der Waals surface area contributed by atoms with E-state index < -0.39 is 36.6 Å². The van der Waals surface area contributed by atoms with Crippen molar-refractivity contribution in [2.45, 2.75) is 63.8 Å². The van der Waals surface area contributed by atoms with Gasteiger partial charge in [0.2, 0.25) is 5.91 Å². The van der Waals surface area contributed by atoms with Crippen LogP contribution in [0.3, 0.4) is 0 Å². The second-order valence-corrected chi connectivity index (χ2v) is 13.1. The zero-order chi connectivity index (χ0) is 39.8. The Balaban J connectivity index is 1.17. The summed E-state index contributed by atoms with van der Waals surface area (Å²) in [4.78, 5) is 24.5. The molecule has 1 fully saturated rings. The molecule has 0 unspecified atom stereocenters. The number of nitrogens with one attached hydrogen (secondary N) is 2. The number of ether oxygens (including phenoxy) is 7. The standard InChI is InChI=1S/C46H50N2O9/c1-36(49)48-43-41(25-15-6-16-27-51-29-30-52-28-26-47-46(50)56-34-40-23-13-5-14-24-40)57-42(35-53-31-37-17-7-2-8-18-37)44(54-32-38-19-9-3-10-20-38)45(43)55-33-39-21-11-4-12-22-39/h2-5,7-14,17-24,41-45H,26-35H2,1H3,(H,47,50)(H,48,49)/t41-,42-,43+,44+,45-/m1/s1. The third-order valence-corrected chi connectivity index (χ3v) is 8.67. The summed E-state index contributed by atoms with van der Waals surface area (Å²) in [6, 6.07) is 38.3. The Morgan fingerprint density at radius 2 is 1.18 bits per heavy atom. The van der Waals surface area contributed by atoms with Gasteiger partial charge in [0.25, 0.3) is 0 Å². The molecule has 11 nitrogen and oxygen atoms in total. The first-order chi connectivity index (χ1) is 28.0. The summed E-state index contributed by atoms with van der Waals surface area (Å²) in [6.45, 7) is 4.20. The van der Waals surface area contributed by atoms with Gasteiger partial charge in [-0.3, -0.25) is 4.79 Å². The molecule has 0 aliphatic carbocycles. The van der Waals surface area contributed by atoms with Crippen LogP contribution in [0.1, 0.15) is 29.2 Å². The lowest BCUT2D eigenvalue weighted by Crippen LogP contribution is -2.65. The number of hydrogen-bond acceptors (Lipinski definition) is 9. The second-order valence-electron chi connectivity index (χ2n) is 13.1. The molecule has 1 saturated heterocycles. The maximum Gasteiger partial charge on any atom is 0.407 e. The van der Waals surface area contributed by atoms with Crippen LogP contribution >= 0.6 is 0 Å². The Kier molecular flexibility index (Phi) is 18.6. The first-order valence-electron chi connectivity index (χ1n) is 19.0. The van der Waals surface area contributed by atoms with E-state index in [4.69, 9.17) is 33.2 Å². The first-order valence-corrected chi connectivity index (χ1v) is 19.0. The van der Waals surface area contributed by atoms with Crippen molar-refractivity contribution in [1.82, 2.24) is 10.6 Å². The lowest BCUT2D eigenvalue weighted by atomic mass is 9.92. The van der Waals surface area contributed by atoms with Gasteiger partial charge in [-0.2, -0.15) is 0 Å². The van der Waals surface area contributed by atoms with Crippen LogP contribution < -0.4 is 10.6 Å². The minimum atomic E-state index is -0.788. The number of carbonyl (C=O) groups is 2. The number of carbonyl (C=O) groups excluding carboxylic acids is 2. The average molecular weight is 775 g/mol. The average Bonchev–Trinajstić information content (AvgIpc) is 3.24. The van der Waals surface area contributed by atoms with E-state index in [2.05, 4.69) is 34.3 Å². The Morgan fingerprint density at radius 3 is 1.77 bits per heavy atom. The summed E-state index contributed by atoms with van der Waals surface area (Å²) in [7, 11) is 0. The Morgan fingerprint density at radius 1 is 0.632 bits per heavy atom. The van der Waals surface area contributed by atoms with Crippen molar-refractivity contribution in [3.63, 3.8) is 0 Å². The van der Waals surface area contributed by atoms with Crippen molar-refractivity contribution < 1.29 is 42.7 Å². The van der Waals surface area contributed by atoms with Gasteiger partial charge in [-0.05, 0) is 34.1 Å². The predicted molar refractivity (Wildman–Crippen MR) is 214 cm³/mol. The van der Waals surface area contributed by atoms with Gasteiger partial charge in [0.1, 0.15) is 37.6 Å². The van der Waals surface area contributed by atoms with Crippen LogP contribution in [-0.2, 0) is 64.4 Å². The van der Waals surface area contributed by atoms with E-state index in [9.17, 15) is 9.59 Å². The third-order valence-electron chi connectivity index (χ3n) is 8.67. The predicted octanol–water partition coefficient (Wildman–Crippen LogP) is 5.61. The van der Waals surface area contributed by atoms with E-state index in [1.54, 1.807) is 0 Å². The number of rotatable bonds is 20. The molecule has 5 rings (SSSR count). The van der Waals surface area contributed by atoms with Gasteiger partial charge < -0.3 is 43.8 Å². The summed E-state index contributed by atoms with van der Waals surface area (Å²) >= 11 is 0. The molecule has 1 aliphatic heterocycles. The maximum absolute atomic E-state index is 12.6. The minimum Gasteiger partial charge on any atom is -0.445 e. The fourth-order valence-electron chi connectivity index (χ4n) is 5.92. The number of alkyl carbamates (subject to hydrolysis) is 1. The van der Waals surface area contributed by atoms with E-state index in [0.29, 0.717) is 39.6 Å². The molecule has 0 bridgehead atoms. The fraction of sp³-hybridized carbons (Fsp3) is 0.348. The van der Waals surface area contributed by atoms with Crippen LogP contribution in [0.25, 0.3) is 0 Å². The molecule has 0 aromatic heterocycles. The largest absolute Gasteiger partial charge is 0.445 e. The number of hydrogen-bond donors (Lipinski definition) is 2. The highest BCUT2D eigenvalue weighted by Gasteiger charge is 2.47. The normalized spacial score (nSPS) is 18.6. The van der Waals surface area contributed by atoms with Gasteiger partial charge >= 0.3 is 6.09 Å². The van der Waals surface area contributed by atoms with E-state index in [1.165, 1.54) is 6.92 Å². The summed E-state index contributed by atoms with van der Waals surface area (Å²) < 4.78 is 42.2. The van der Waals surface area contributed by atoms with Crippen molar-refractivity contribution in [2.75, 3.05) is 39.6 Å². The summed E-state index contributed by atoms with van der Waals surface area (Å²) in [5, 5.41) is 5.68. The highest BCUT2D eigenvalue weighted by Crippen LogP contribution is 2.28. The Labute approximate surface area is 335 Å². The molecule has 2 N–H and O–H groups in total. The van der Waals surface area contributed by atoms with E-state index >= 15 is 0 Å². The number of amides is 2. The van der Waals surface area contributed by atoms with Gasteiger partial charge in [-0.1, -0.05) is 133 Å². The second kappa shape index (κ2) is 24.9. The monoisotopic (exact) mass is 774 g/mol. The third kappa shape index (κ3) is 15.9. The van der Waals surface area contributed by atoms with E-state index in [1.807, 2.05) is 121 Å². The minimum absolute atomic E-state index is 0.136. The molecule has 57 heavy (non-hydrogen) atoms. The van der Waals surface area contributed by atoms with Gasteiger partial charge in [0.05, 0.1) is 52.3 Å². The molecule has 298 valence electrons. The molecule has 1 aliphatic rings. The smallest absolute Gasteiger partial charge is 0.407 e. The van der Waals surface area contributed by atoms with Crippen LogP contribution in [0.2, 0.25) is 0 Å². The van der Waals surface area contributed by atoms with Gasteiger partial charge in [0, 0.05) is 13.5 Å². The molecule has 0 radical (unpaired) electrons. The van der Waals surface area contributed by atoms with Crippen molar-refractivity contribution in [2.24, 2.45) is 0 Å². The molecular weight excluding hydrogens is 725 g/mol. The van der Waals surface area contributed by atoms with Crippen molar-refractivity contribution in [3.8, 4) is 23.7 Å². The van der Waals surface area contributed by atoms with Crippen LogP contribution in [-0.4, -0.2) is 82.0 Å². The molecule has 4 aromatic carbocycles. The lowest BCUT2D eigenvalue weighted by Gasteiger charge is -2.45. The summed E-state index contributed by atoms with van der Waals surface area (Å²) in [5.41, 5.74) is 3.90. The van der Waals surface area contributed by atoms with Gasteiger partial charge in [-0.15, -0.1) is 0 Å². The van der Waals surface area contributed by atoms with Crippen molar-refractivity contribution >= 4 is 12.0 Å². The van der Waals surface area contributed by atoms with Crippen molar-refractivity contribution in [3.05, 3.63) is 144 Å².